The lowest BCUT2D eigenvalue weighted by Crippen LogP contribution is -2.36. The number of carbonyl (C=O) groups excluding carboxylic acids is 1. The summed E-state index contributed by atoms with van der Waals surface area (Å²) in [6.07, 6.45) is 2.77. The van der Waals surface area contributed by atoms with E-state index in [1.807, 2.05) is 44.3 Å². The fourth-order valence-corrected chi connectivity index (χ4v) is 3.86. The van der Waals surface area contributed by atoms with Gasteiger partial charge in [0.2, 0.25) is 5.96 Å². The highest BCUT2D eigenvalue weighted by molar-refractivity contribution is 6.10. The predicted molar refractivity (Wildman–Crippen MR) is 134 cm³/mol. The molecule has 3 N–H and O–H groups in total. The molecule has 6 nitrogen and oxygen atoms in total. The van der Waals surface area contributed by atoms with Gasteiger partial charge in [-0.05, 0) is 73.4 Å². The van der Waals surface area contributed by atoms with Crippen molar-refractivity contribution in [3.8, 4) is 5.75 Å². The Kier molecular flexibility index (Phi) is 6.74. The molecule has 0 saturated carbocycles. The normalized spacial score (nSPS) is 11.4. The van der Waals surface area contributed by atoms with E-state index in [1.165, 1.54) is 10.9 Å². The molecule has 0 bridgehead atoms. The number of fused-ring (bicyclic) bond motifs is 1. The molecule has 0 aliphatic rings. The number of aryl methyl sites for hydroxylation is 2. The van der Waals surface area contributed by atoms with Gasteiger partial charge in [-0.15, -0.1) is 0 Å². The van der Waals surface area contributed by atoms with Gasteiger partial charge in [-0.2, -0.15) is 0 Å². The maximum absolute atomic E-state index is 12.9. The quantitative estimate of drug-likeness (QED) is 0.284. The van der Waals surface area contributed by atoms with Crippen LogP contribution in [-0.4, -0.2) is 30.5 Å². The average Bonchev–Trinajstić information content (AvgIpc) is 3.21. The monoisotopic (exact) mass is 440 g/mol. The SMILES string of the molecule is COc1cccc(C(=O)NC(=NCCc2c[nH]c3ccccc23)Nc2cc(C)cc(C)c2)c1. The lowest BCUT2D eigenvalue weighted by Gasteiger charge is -2.13. The van der Waals surface area contributed by atoms with Gasteiger partial charge in [0.1, 0.15) is 5.75 Å². The van der Waals surface area contributed by atoms with E-state index in [-0.39, 0.29) is 5.91 Å². The highest BCUT2D eigenvalue weighted by Crippen LogP contribution is 2.18. The fraction of sp³-hybridized carbons (Fsp3) is 0.185. The first-order valence-electron chi connectivity index (χ1n) is 10.9. The number of amides is 1. The van der Waals surface area contributed by atoms with E-state index in [2.05, 4.69) is 33.8 Å². The van der Waals surface area contributed by atoms with Gasteiger partial charge in [0, 0.05) is 34.9 Å². The van der Waals surface area contributed by atoms with Crippen molar-refractivity contribution in [1.82, 2.24) is 10.3 Å². The molecule has 4 aromatic rings. The van der Waals surface area contributed by atoms with E-state index in [9.17, 15) is 4.79 Å². The van der Waals surface area contributed by atoms with Gasteiger partial charge >= 0.3 is 0 Å². The van der Waals surface area contributed by atoms with Crippen molar-refractivity contribution in [2.75, 3.05) is 19.0 Å². The Hall–Kier alpha value is -4.06. The summed E-state index contributed by atoms with van der Waals surface area (Å²) in [5.41, 5.74) is 5.95. The number of para-hydroxylation sites is 1. The number of H-pyrrole nitrogens is 1. The molecule has 0 fully saturated rings. The molecule has 0 aliphatic carbocycles. The van der Waals surface area contributed by atoms with E-state index in [0.717, 1.165) is 28.8 Å². The topological polar surface area (TPSA) is 78.5 Å². The molecule has 0 radical (unpaired) electrons. The molecule has 1 aromatic heterocycles. The Labute approximate surface area is 193 Å². The molecule has 168 valence electrons. The molecule has 4 rings (SSSR count). The van der Waals surface area contributed by atoms with E-state index in [0.29, 0.717) is 23.8 Å². The average molecular weight is 441 g/mol. The number of carbonyl (C=O) groups is 1. The van der Waals surface area contributed by atoms with Crippen LogP contribution in [0.25, 0.3) is 10.9 Å². The Bertz CT molecular complexity index is 1290. The molecular weight excluding hydrogens is 412 g/mol. The minimum atomic E-state index is -0.253. The van der Waals surface area contributed by atoms with Gasteiger partial charge in [-0.3, -0.25) is 15.1 Å². The van der Waals surface area contributed by atoms with Crippen molar-refractivity contribution >= 4 is 28.5 Å². The molecule has 1 amide bonds. The van der Waals surface area contributed by atoms with Crippen LogP contribution in [0.2, 0.25) is 0 Å². The van der Waals surface area contributed by atoms with Crippen LogP contribution in [-0.2, 0) is 6.42 Å². The summed E-state index contributed by atoms with van der Waals surface area (Å²) in [5.74, 6) is 0.784. The first kappa shape index (κ1) is 22.1. The largest absolute Gasteiger partial charge is 0.497 e. The van der Waals surface area contributed by atoms with Gasteiger partial charge in [0.25, 0.3) is 5.91 Å². The van der Waals surface area contributed by atoms with Crippen molar-refractivity contribution in [3.05, 3.63) is 95.2 Å². The zero-order chi connectivity index (χ0) is 23.2. The highest BCUT2D eigenvalue weighted by atomic mass is 16.5. The van der Waals surface area contributed by atoms with Crippen molar-refractivity contribution < 1.29 is 9.53 Å². The molecule has 0 spiro atoms. The maximum Gasteiger partial charge on any atom is 0.258 e. The van der Waals surface area contributed by atoms with Crippen LogP contribution in [0, 0.1) is 13.8 Å². The smallest absolute Gasteiger partial charge is 0.258 e. The first-order valence-corrected chi connectivity index (χ1v) is 10.9. The van der Waals surface area contributed by atoms with Crippen LogP contribution >= 0.6 is 0 Å². The molecule has 0 atom stereocenters. The van der Waals surface area contributed by atoms with E-state index < -0.39 is 0 Å². The number of aromatic amines is 1. The molecule has 0 unspecified atom stereocenters. The van der Waals surface area contributed by atoms with Gasteiger partial charge < -0.3 is 15.0 Å². The number of hydrogen-bond acceptors (Lipinski definition) is 3. The van der Waals surface area contributed by atoms with Crippen molar-refractivity contribution in [3.63, 3.8) is 0 Å². The summed E-state index contributed by atoms with van der Waals surface area (Å²) in [6, 6.07) is 21.4. The van der Waals surface area contributed by atoms with Gasteiger partial charge in [0.05, 0.1) is 7.11 Å². The minimum Gasteiger partial charge on any atom is -0.497 e. The zero-order valence-corrected chi connectivity index (χ0v) is 19.1. The molecule has 33 heavy (non-hydrogen) atoms. The van der Waals surface area contributed by atoms with Crippen LogP contribution in [0.5, 0.6) is 5.75 Å². The number of methoxy groups -OCH3 is 1. The van der Waals surface area contributed by atoms with Crippen LogP contribution in [0.3, 0.4) is 0 Å². The van der Waals surface area contributed by atoms with Crippen molar-refractivity contribution in [2.45, 2.75) is 20.3 Å². The number of anilines is 1. The second-order valence-corrected chi connectivity index (χ2v) is 8.03. The Morgan fingerprint density at radius 2 is 1.79 bits per heavy atom. The minimum absolute atomic E-state index is 0.253. The standard InChI is InChI=1S/C27H28N4O2/c1-18-13-19(2)15-22(14-18)30-27(31-26(32)20-7-6-8-23(16-20)33-3)28-12-11-21-17-29-25-10-5-4-9-24(21)25/h4-10,13-17,29H,11-12H2,1-3H3,(H2,28,30,31,32). The number of ether oxygens (including phenoxy) is 1. The zero-order valence-electron chi connectivity index (χ0n) is 19.1. The fourth-order valence-electron chi connectivity index (χ4n) is 3.86. The number of rotatable bonds is 6. The van der Waals surface area contributed by atoms with Crippen LogP contribution < -0.4 is 15.4 Å². The summed E-state index contributed by atoms with van der Waals surface area (Å²) in [5, 5.41) is 7.40. The number of benzene rings is 3. The highest BCUT2D eigenvalue weighted by Gasteiger charge is 2.11. The summed E-state index contributed by atoms with van der Waals surface area (Å²) >= 11 is 0. The Balaban J connectivity index is 1.55. The summed E-state index contributed by atoms with van der Waals surface area (Å²) < 4.78 is 5.24. The third-order valence-electron chi connectivity index (χ3n) is 5.37. The van der Waals surface area contributed by atoms with E-state index >= 15 is 0 Å². The molecule has 1 heterocycles. The lowest BCUT2D eigenvalue weighted by atomic mass is 10.1. The Morgan fingerprint density at radius 1 is 1.00 bits per heavy atom. The van der Waals surface area contributed by atoms with Crippen LogP contribution in [0.1, 0.15) is 27.0 Å². The summed E-state index contributed by atoms with van der Waals surface area (Å²) in [7, 11) is 1.58. The third-order valence-corrected chi connectivity index (χ3v) is 5.37. The van der Waals surface area contributed by atoms with Crippen LogP contribution in [0.4, 0.5) is 5.69 Å². The molecule has 0 saturated heterocycles. The molecular formula is C27H28N4O2. The summed E-state index contributed by atoms with van der Waals surface area (Å²) in [4.78, 5) is 20.9. The second kappa shape index (κ2) is 10.0. The van der Waals surface area contributed by atoms with Gasteiger partial charge in [-0.25, -0.2) is 0 Å². The third kappa shape index (κ3) is 5.60. The molecule has 6 heteroatoms. The van der Waals surface area contributed by atoms with E-state index in [4.69, 9.17) is 9.73 Å². The second-order valence-electron chi connectivity index (χ2n) is 8.03. The van der Waals surface area contributed by atoms with Gasteiger partial charge in [-0.1, -0.05) is 30.3 Å². The van der Waals surface area contributed by atoms with E-state index in [1.54, 1.807) is 31.4 Å². The number of aliphatic imine (C=N–C) groups is 1. The Morgan fingerprint density at radius 3 is 2.58 bits per heavy atom. The number of nitrogens with zero attached hydrogens (tertiary/aromatic N) is 1. The first-order chi connectivity index (χ1) is 16.0. The number of hydrogen-bond donors (Lipinski definition) is 3. The maximum atomic E-state index is 12.9. The summed E-state index contributed by atoms with van der Waals surface area (Å²) in [6.45, 7) is 4.61. The van der Waals surface area contributed by atoms with Crippen molar-refractivity contribution in [1.29, 1.82) is 0 Å². The number of aromatic nitrogens is 1. The molecule has 3 aromatic carbocycles. The predicted octanol–water partition coefficient (Wildman–Crippen LogP) is 5.23. The lowest BCUT2D eigenvalue weighted by molar-refractivity contribution is 0.0976. The molecule has 0 aliphatic heterocycles. The van der Waals surface area contributed by atoms with Crippen molar-refractivity contribution in [2.24, 2.45) is 4.99 Å². The number of guanidine groups is 1. The van der Waals surface area contributed by atoms with Crippen LogP contribution in [0.15, 0.2) is 77.9 Å². The number of nitrogens with one attached hydrogen (secondary N) is 3. The van der Waals surface area contributed by atoms with Gasteiger partial charge in [0.15, 0.2) is 0 Å².